The van der Waals surface area contributed by atoms with Gasteiger partial charge in [0.05, 0.1) is 18.3 Å². The summed E-state index contributed by atoms with van der Waals surface area (Å²) in [5, 5.41) is 9.30. The van der Waals surface area contributed by atoms with Crippen molar-refractivity contribution in [3.63, 3.8) is 0 Å². The maximum absolute atomic E-state index is 14.3. The third kappa shape index (κ3) is 7.48. The minimum absolute atomic E-state index is 0.0502. The molecule has 3 heterocycles. The highest BCUT2D eigenvalue weighted by Crippen LogP contribution is 2.27. The summed E-state index contributed by atoms with van der Waals surface area (Å²) in [6, 6.07) is 16.6. The summed E-state index contributed by atoms with van der Waals surface area (Å²) in [7, 11) is 4.07. The first-order chi connectivity index (χ1) is 22.2. The predicted molar refractivity (Wildman–Crippen MR) is 175 cm³/mol. The lowest BCUT2D eigenvalue weighted by molar-refractivity contribution is -0.123. The molecule has 0 bridgehead atoms. The van der Waals surface area contributed by atoms with Crippen molar-refractivity contribution in [3.05, 3.63) is 102 Å². The number of hydrogen-bond acceptors (Lipinski definition) is 7. The number of halogens is 2. The smallest absolute Gasteiger partial charge is 0.255 e. The Hall–Kier alpha value is -4.90. The van der Waals surface area contributed by atoms with E-state index < -0.39 is 17.8 Å². The molecule has 238 valence electrons. The maximum atomic E-state index is 14.3. The highest BCUT2D eigenvalue weighted by molar-refractivity contribution is 6.00. The molecule has 0 saturated heterocycles. The first kappa shape index (κ1) is 31.1. The molecule has 1 aromatic heterocycles. The number of carbonyl (C=O) groups excluding carboxylic acids is 2. The third-order valence-electron chi connectivity index (χ3n) is 8.34. The molecule has 1 aliphatic carbocycles. The molecule has 1 atom stereocenters. The van der Waals surface area contributed by atoms with Gasteiger partial charge in [-0.05, 0) is 86.8 Å². The lowest BCUT2D eigenvalue weighted by Gasteiger charge is -2.30. The van der Waals surface area contributed by atoms with Gasteiger partial charge in [-0.15, -0.1) is 0 Å². The summed E-state index contributed by atoms with van der Waals surface area (Å²) >= 11 is 0. The van der Waals surface area contributed by atoms with Crippen molar-refractivity contribution in [2.75, 3.05) is 26.0 Å². The Morgan fingerprint density at radius 3 is 2.41 bits per heavy atom. The number of pyridine rings is 1. The Bertz CT molecular complexity index is 1700. The first-order valence-electron chi connectivity index (χ1n) is 15.5. The third-order valence-corrected chi connectivity index (χ3v) is 8.34. The van der Waals surface area contributed by atoms with Crippen LogP contribution in [-0.2, 0) is 11.3 Å². The monoisotopic (exact) mass is 625 g/mol. The van der Waals surface area contributed by atoms with E-state index in [0.717, 1.165) is 29.6 Å². The Morgan fingerprint density at radius 2 is 1.67 bits per heavy atom. The normalized spacial score (nSPS) is 20.5. The van der Waals surface area contributed by atoms with Crippen LogP contribution < -0.4 is 16.0 Å². The average Bonchev–Trinajstić information content (AvgIpc) is 3.47. The van der Waals surface area contributed by atoms with Crippen LogP contribution in [0.2, 0.25) is 0 Å². The number of anilines is 2. The van der Waals surface area contributed by atoms with Crippen LogP contribution in [0.3, 0.4) is 0 Å². The number of nitrogens with zero attached hydrogens (tertiary/aromatic N) is 4. The van der Waals surface area contributed by atoms with Gasteiger partial charge in [0.15, 0.2) is 0 Å². The van der Waals surface area contributed by atoms with Crippen molar-refractivity contribution < 1.29 is 18.4 Å². The Kier molecular flexibility index (Phi) is 9.20. The van der Waals surface area contributed by atoms with Crippen LogP contribution in [0, 0.1) is 5.82 Å². The van der Waals surface area contributed by atoms with Crippen LogP contribution in [0.5, 0.6) is 0 Å². The van der Waals surface area contributed by atoms with Gasteiger partial charge in [0, 0.05) is 30.5 Å². The number of hydrogen-bond donors (Lipinski definition) is 3. The van der Waals surface area contributed by atoms with Crippen molar-refractivity contribution >= 4 is 29.2 Å². The topological polar surface area (TPSA) is 102 Å². The SMILES string of the molecule is CN(C)Cc1ccc(-c2cccc(Nc3ncc(F)cc3C(=O)N[C@H]3CC[C@@H](NC(=O)C4CN5C=C(F)C=CC5=N4)CC3)c2)cc1. The molecule has 9 nitrogen and oxygen atoms in total. The van der Waals surface area contributed by atoms with E-state index >= 15 is 0 Å². The van der Waals surface area contributed by atoms with Crippen molar-refractivity contribution in [1.82, 2.24) is 25.4 Å². The summed E-state index contributed by atoms with van der Waals surface area (Å²) in [4.78, 5) is 38.6. The van der Waals surface area contributed by atoms with E-state index in [1.807, 2.05) is 38.4 Å². The number of aromatic nitrogens is 1. The van der Waals surface area contributed by atoms with Gasteiger partial charge < -0.3 is 25.8 Å². The number of benzene rings is 2. The molecule has 1 saturated carbocycles. The van der Waals surface area contributed by atoms with E-state index in [9.17, 15) is 18.4 Å². The van der Waals surface area contributed by atoms with Gasteiger partial charge in [0.2, 0.25) is 5.91 Å². The van der Waals surface area contributed by atoms with Gasteiger partial charge in [-0.2, -0.15) is 0 Å². The van der Waals surface area contributed by atoms with Gasteiger partial charge in [-0.25, -0.2) is 13.8 Å². The second-order valence-electron chi connectivity index (χ2n) is 12.2. The van der Waals surface area contributed by atoms with Crippen LogP contribution in [-0.4, -0.2) is 71.2 Å². The molecule has 11 heteroatoms. The van der Waals surface area contributed by atoms with Crippen molar-refractivity contribution in [3.8, 4) is 11.1 Å². The van der Waals surface area contributed by atoms with Crippen LogP contribution >= 0.6 is 0 Å². The fourth-order valence-corrected chi connectivity index (χ4v) is 6.04. The van der Waals surface area contributed by atoms with Crippen LogP contribution in [0.15, 0.2) is 90.0 Å². The summed E-state index contributed by atoms with van der Waals surface area (Å²) in [6.07, 6.45) is 7.98. The summed E-state index contributed by atoms with van der Waals surface area (Å²) in [5.74, 6) is -0.743. The largest absolute Gasteiger partial charge is 0.351 e. The van der Waals surface area contributed by atoms with Crippen LogP contribution in [0.4, 0.5) is 20.3 Å². The number of allylic oxidation sites excluding steroid dienone is 2. The standard InChI is InChI=1S/C35H37F2N7O2/c1-43(2)19-22-6-8-23(9-7-22)24-4-3-5-29(16-24)39-33-30(17-26(37)18-38-33)34(45)40-27-11-13-28(14-12-27)41-35(46)31-21-44-20-25(36)10-15-32(44)42-31/h3-10,15-18,20,27-28,31H,11-14,19,21H2,1-2H3,(H,38,39)(H,40,45)(H,41,46)/t27-,28+,31?. The van der Waals surface area contributed by atoms with Gasteiger partial charge >= 0.3 is 0 Å². The van der Waals surface area contributed by atoms with E-state index in [0.29, 0.717) is 38.1 Å². The highest BCUT2D eigenvalue weighted by atomic mass is 19.1. The maximum Gasteiger partial charge on any atom is 0.255 e. The predicted octanol–water partition coefficient (Wildman–Crippen LogP) is 5.31. The zero-order chi connectivity index (χ0) is 32.2. The Morgan fingerprint density at radius 1 is 0.935 bits per heavy atom. The summed E-state index contributed by atoms with van der Waals surface area (Å²) < 4.78 is 27.8. The number of amides is 2. The minimum Gasteiger partial charge on any atom is -0.351 e. The molecule has 2 aromatic carbocycles. The summed E-state index contributed by atoms with van der Waals surface area (Å²) in [6.45, 7) is 1.16. The molecule has 1 fully saturated rings. The van der Waals surface area contributed by atoms with E-state index in [4.69, 9.17) is 0 Å². The van der Waals surface area contributed by atoms with E-state index in [1.165, 1.54) is 23.9 Å². The molecule has 6 rings (SSSR count). The van der Waals surface area contributed by atoms with Crippen molar-refractivity contribution in [1.29, 1.82) is 0 Å². The molecule has 0 spiro atoms. The Labute approximate surface area is 267 Å². The number of fused-ring (bicyclic) bond motifs is 1. The average molecular weight is 626 g/mol. The molecule has 0 radical (unpaired) electrons. The zero-order valence-corrected chi connectivity index (χ0v) is 25.8. The number of carbonyl (C=O) groups is 2. The second-order valence-corrected chi connectivity index (χ2v) is 12.2. The zero-order valence-electron chi connectivity index (χ0n) is 25.8. The van der Waals surface area contributed by atoms with E-state index in [-0.39, 0.29) is 35.2 Å². The molecule has 3 aliphatic rings. The first-order valence-corrected chi connectivity index (χ1v) is 15.5. The molecule has 2 amide bonds. The lowest BCUT2D eigenvalue weighted by Crippen LogP contribution is -2.46. The number of aliphatic imine (C=N–C) groups is 1. The molecular formula is C35H37F2N7O2. The molecule has 3 aromatic rings. The van der Waals surface area contributed by atoms with Crippen LogP contribution in [0.1, 0.15) is 41.6 Å². The molecule has 2 aliphatic heterocycles. The van der Waals surface area contributed by atoms with Gasteiger partial charge in [-0.3, -0.25) is 14.6 Å². The number of rotatable bonds is 9. The van der Waals surface area contributed by atoms with Gasteiger partial charge in [0.1, 0.15) is 29.3 Å². The highest BCUT2D eigenvalue weighted by Gasteiger charge is 2.32. The summed E-state index contributed by atoms with van der Waals surface area (Å²) in [5.41, 5.74) is 4.11. The lowest BCUT2D eigenvalue weighted by atomic mass is 9.90. The number of amidine groups is 1. The quantitative estimate of drug-likeness (QED) is 0.298. The second kappa shape index (κ2) is 13.6. The van der Waals surface area contributed by atoms with Crippen molar-refractivity contribution in [2.45, 2.75) is 50.4 Å². The van der Waals surface area contributed by atoms with Crippen LogP contribution in [0.25, 0.3) is 11.1 Å². The molecular weight excluding hydrogens is 588 g/mol. The van der Waals surface area contributed by atoms with E-state index in [1.54, 1.807) is 11.0 Å². The fraction of sp³-hybridized carbons (Fsp3) is 0.314. The van der Waals surface area contributed by atoms with E-state index in [2.05, 4.69) is 55.1 Å². The molecule has 1 unspecified atom stereocenters. The van der Waals surface area contributed by atoms with Gasteiger partial charge in [0.25, 0.3) is 5.91 Å². The molecule has 3 N–H and O–H groups in total. The Balaban J connectivity index is 1.04. The van der Waals surface area contributed by atoms with Crippen molar-refractivity contribution in [2.24, 2.45) is 4.99 Å². The van der Waals surface area contributed by atoms with Gasteiger partial charge in [-0.1, -0.05) is 36.4 Å². The fourth-order valence-electron chi connectivity index (χ4n) is 6.04. The minimum atomic E-state index is -0.603. The number of nitrogens with one attached hydrogen (secondary N) is 3. The molecule has 46 heavy (non-hydrogen) atoms.